The lowest BCUT2D eigenvalue weighted by Gasteiger charge is -2.46. The van der Waals surface area contributed by atoms with Crippen LogP contribution in [0.4, 0.5) is 0 Å². The van der Waals surface area contributed by atoms with Gasteiger partial charge in [0.05, 0.1) is 5.71 Å². The molecule has 2 bridgehead atoms. The van der Waals surface area contributed by atoms with Crippen molar-refractivity contribution in [3.63, 3.8) is 0 Å². The van der Waals surface area contributed by atoms with Gasteiger partial charge in [0.2, 0.25) is 0 Å². The van der Waals surface area contributed by atoms with E-state index < -0.39 is 0 Å². The van der Waals surface area contributed by atoms with Gasteiger partial charge < -0.3 is 5.21 Å². The molecule has 0 aromatic heterocycles. The van der Waals surface area contributed by atoms with Crippen molar-refractivity contribution in [3.8, 4) is 0 Å². The number of oxime groups is 1. The second-order valence-electron chi connectivity index (χ2n) is 5.37. The van der Waals surface area contributed by atoms with E-state index in [0.29, 0.717) is 5.41 Å². The fourth-order valence-corrected chi connectivity index (χ4v) is 3.36. The van der Waals surface area contributed by atoms with Crippen LogP contribution in [0.5, 0.6) is 0 Å². The summed E-state index contributed by atoms with van der Waals surface area (Å²) in [6.07, 6.45) is 4.72. The highest BCUT2D eigenvalue weighted by Gasteiger charge is 2.56. The standard InChI is InChI=1S/C11H19NO/c1-10(2)8-4-5-9(12-13)11(10,3)7-6-8/h8,13H,4-7H2,1-3H3/b12-9-/t8-,11-/m0/s1. The maximum Gasteiger partial charge on any atom is 0.0635 e. The predicted octanol–water partition coefficient (Wildman–Crippen LogP) is 3.05. The molecule has 0 saturated heterocycles. The van der Waals surface area contributed by atoms with Crippen LogP contribution in [0.15, 0.2) is 5.16 Å². The predicted molar refractivity (Wildman–Crippen MR) is 53.1 cm³/mol. The van der Waals surface area contributed by atoms with Crippen LogP contribution in [-0.2, 0) is 0 Å². The highest BCUT2D eigenvalue weighted by molar-refractivity contribution is 5.91. The molecule has 0 spiro atoms. The number of rotatable bonds is 0. The van der Waals surface area contributed by atoms with E-state index >= 15 is 0 Å². The van der Waals surface area contributed by atoms with E-state index in [-0.39, 0.29) is 5.41 Å². The minimum atomic E-state index is 0.157. The summed E-state index contributed by atoms with van der Waals surface area (Å²) in [5.41, 5.74) is 1.52. The molecule has 0 aromatic rings. The summed E-state index contributed by atoms with van der Waals surface area (Å²) in [6.45, 7) is 6.92. The highest BCUT2D eigenvalue weighted by atomic mass is 16.4. The van der Waals surface area contributed by atoms with Crippen LogP contribution in [0.25, 0.3) is 0 Å². The summed E-state index contributed by atoms with van der Waals surface area (Å²) in [7, 11) is 0. The van der Waals surface area contributed by atoms with E-state index in [9.17, 15) is 0 Å². The van der Waals surface area contributed by atoms with Gasteiger partial charge in [0, 0.05) is 5.41 Å². The summed E-state index contributed by atoms with van der Waals surface area (Å²) in [5, 5.41) is 12.5. The fourth-order valence-electron chi connectivity index (χ4n) is 3.36. The van der Waals surface area contributed by atoms with Crippen molar-refractivity contribution in [1.82, 2.24) is 0 Å². The van der Waals surface area contributed by atoms with Crippen molar-refractivity contribution in [3.05, 3.63) is 0 Å². The number of hydrogen-bond acceptors (Lipinski definition) is 2. The monoisotopic (exact) mass is 181 g/mol. The van der Waals surface area contributed by atoms with Crippen LogP contribution in [-0.4, -0.2) is 10.9 Å². The lowest BCUT2D eigenvalue weighted by molar-refractivity contribution is 0.120. The first-order valence-electron chi connectivity index (χ1n) is 5.24. The maximum absolute atomic E-state index is 9.00. The van der Waals surface area contributed by atoms with Crippen molar-refractivity contribution in [2.45, 2.75) is 46.5 Å². The number of fused-ring (bicyclic) bond motifs is 2. The van der Waals surface area contributed by atoms with Gasteiger partial charge >= 0.3 is 0 Å². The molecule has 1 N–H and O–H groups in total. The molecule has 2 atom stereocenters. The van der Waals surface area contributed by atoms with Gasteiger partial charge in [-0.15, -0.1) is 0 Å². The summed E-state index contributed by atoms with van der Waals surface area (Å²) in [6, 6.07) is 0. The molecule has 0 amide bonds. The van der Waals surface area contributed by atoms with Crippen molar-refractivity contribution in [2.24, 2.45) is 21.9 Å². The normalized spacial score (nSPS) is 45.5. The van der Waals surface area contributed by atoms with Crippen molar-refractivity contribution in [2.75, 3.05) is 0 Å². The van der Waals surface area contributed by atoms with E-state index in [0.717, 1.165) is 18.1 Å². The quantitative estimate of drug-likeness (QED) is 0.452. The Morgan fingerprint density at radius 3 is 2.62 bits per heavy atom. The topological polar surface area (TPSA) is 32.6 Å². The lowest BCUT2D eigenvalue weighted by Crippen LogP contribution is -2.44. The minimum absolute atomic E-state index is 0.157. The first kappa shape index (κ1) is 9.04. The molecule has 2 aliphatic rings. The lowest BCUT2D eigenvalue weighted by atomic mass is 9.58. The van der Waals surface area contributed by atoms with Crippen LogP contribution in [0, 0.1) is 16.7 Å². The Morgan fingerprint density at radius 1 is 1.31 bits per heavy atom. The highest BCUT2D eigenvalue weighted by Crippen LogP contribution is 2.61. The van der Waals surface area contributed by atoms with Crippen molar-refractivity contribution in [1.29, 1.82) is 0 Å². The third-order valence-corrected chi connectivity index (χ3v) is 4.92. The molecule has 2 heteroatoms. The zero-order valence-corrected chi connectivity index (χ0v) is 8.80. The average molecular weight is 181 g/mol. The van der Waals surface area contributed by atoms with E-state index in [1.165, 1.54) is 19.3 Å². The third-order valence-electron chi connectivity index (χ3n) is 4.92. The third kappa shape index (κ3) is 0.918. The molecule has 2 saturated carbocycles. The Labute approximate surface area is 80.0 Å². The van der Waals surface area contributed by atoms with Gasteiger partial charge in [0.25, 0.3) is 0 Å². The molecule has 74 valence electrons. The number of nitrogens with zero attached hydrogens (tertiary/aromatic N) is 1. The molecule has 0 heterocycles. The Hall–Kier alpha value is -0.530. The Bertz CT molecular complexity index is 257. The first-order chi connectivity index (χ1) is 6.02. The number of hydrogen-bond donors (Lipinski definition) is 1. The largest absolute Gasteiger partial charge is 0.411 e. The second-order valence-corrected chi connectivity index (χ2v) is 5.37. The Morgan fingerprint density at radius 2 is 2.00 bits per heavy atom. The van der Waals surface area contributed by atoms with Crippen LogP contribution in [0.2, 0.25) is 0 Å². The Kier molecular flexibility index (Phi) is 1.73. The second kappa shape index (κ2) is 2.49. The fraction of sp³-hybridized carbons (Fsp3) is 0.909. The van der Waals surface area contributed by atoms with Crippen LogP contribution in [0.1, 0.15) is 46.5 Å². The summed E-state index contributed by atoms with van der Waals surface area (Å²) < 4.78 is 0. The molecule has 0 radical (unpaired) electrons. The summed E-state index contributed by atoms with van der Waals surface area (Å²) in [4.78, 5) is 0. The smallest absolute Gasteiger partial charge is 0.0635 e. The summed E-state index contributed by atoms with van der Waals surface area (Å²) >= 11 is 0. The van der Waals surface area contributed by atoms with E-state index in [1.54, 1.807) is 0 Å². The van der Waals surface area contributed by atoms with Gasteiger partial charge in [-0.2, -0.15) is 0 Å². The molecule has 2 rings (SSSR count). The van der Waals surface area contributed by atoms with Crippen molar-refractivity contribution >= 4 is 5.71 Å². The van der Waals surface area contributed by atoms with Gasteiger partial charge in [0.15, 0.2) is 0 Å². The zero-order valence-electron chi connectivity index (χ0n) is 8.80. The van der Waals surface area contributed by atoms with E-state index in [2.05, 4.69) is 25.9 Å². The molecule has 0 aliphatic heterocycles. The van der Waals surface area contributed by atoms with Crippen LogP contribution in [0.3, 0.4) is 0 Å². The SMILES string of the molecule is CC1(C)[C@H]2CC/C(=N/O)[C@]1(C)CC2. The molecule has 13 heavy (non-hydrogen) atoms. The van der Waals surface area contributed by atoms with Gasteiger partial charge in [-0.1, -0.05) is 25.9 Å². The Balaban J connectivity index is 2.44. The molecule has 2 nitrogen and oxygen atoms in total. The maximum atomic E-state index is 9.00. The van der Waals surface area contributed by atoms with Gasteiger partial charge in [-0.3, -0.25) is 0 Å². The van der Waals surface area contributed by atoms with E-state index in [4.69, 9.17) is 5.21 Å². The van der Waals surface area contributed by atoms with Gasteiger partial charge in [0.1, 0.15) is 0 Å². The van der Waals surface area contributed by atoms with Gasteiger partial charge in [-0.05, 0) is 37.0 Å². The summed E-state index contributed by atoms with van der Waals surface area (Å²) in [5.74, 6) is 0.836. The molecule has 0 aromatic carbocycles. The molecule has 0 unspecified atom stereocenters. The first-order valence-corrected chi connectivity index (χ1v) is 5.24. The van der Waals surface area contributed by atoms with Crippen molar-refractivity contribution < 1.29 is 5.21 Å². The molecular weight excluding hydrogens is 162 g/mol. The molecular formula is C11H19NO. The van der Waals surface area contributed by atoms with Crippen LogP contribution >= 0.6 is 0 Å². The average Bonchev–Trinajstić information content (AvgIpc) is 2.24. The minimum Gasteiger partial charge on any atom is -0.411 e. The van der Waals surface area contributed by atoms with Gasteiger partial charge in [-0.25, -0.2) is 0 Å². The van der Waals surface area contributed by atoms with E-state index in [1.807, 2.05) is 0 Å². The van der Waals surface area contributed by atoms with Crippen LogP contribution < -0.4 is 0 Å². The molecule has 2 aliphatic carbocycles. The zero-order chi connectivity index (χ0) is 9.69. The molecule has 2 fully saturated rings.